The molecule has 3 nitrogen and oxygen atoms in total. The average molecular weight is 323 g/mol. The Hall–Kier alpha value is -1.35. The van der Waals surface area contributed by atoms with Crippen LogP contribution in [0.25, 0.3) is 11.0 Å². The number of hydrogen-bond donors (Lipinski definition) is 1. The van der Waals surface area contributed by atoms with Crippen LogP contribution in [-0.4, -0.2) is 23.2 Å². The predicted octanol–water partition coefficient (Wildman–Crippen LogP) is 6.31. The van der Waals surface area contributed by atoms with Gasteiger partial charge in [-0.1, -0.05) is 48.5 Å². The second-order valence-corrected chi connectivity index (χ2v) is 4.65. The first-order valence-corrected chi connectivity index (χ1v) is 9.23. The van der Waals surface area contributed by atoms with Crippen molar-refractivity contribution in [3.8, 4) is 0 Å². The molecule has 134 valence electrons. The molecule has 0 radical (unpaired) electrons. The van der Waals surface area contributed by atoms with Crippen LogP contribution in [0.15, 0.2) is 18.3 Å². The lowest BCUT2D eigenvalue weighted by atomic mass is 10.1. The van der Waals surface area contributed by atoms with E-state index in [1.807, 2.05) is 33.9 Å². The molecule has 23 heavy (non-hydrogen) atoms. The summed E-state index contributed by atoms with van der Waals surface area (Å²) in [7, 11) is 0. The summed E-state index contributed by atoms with van der Waals surface area (Å²) in [5.74, 6) is 0. The molecule has 0 saturated carbocycles. The second kappa shape index (κ2) is 17.0. The van der Waals surface area contributed by atoms with Gasteiger partial charge in [0.25, 0.3) is 0 Å². The van der Waals surface area contributed by atoms with E-state index in [0.717, 1.165) is 38.1 Å². The van der Waals surface area contributed by atoms with Crippen molar-refractivity contribution < 1.29 is 4.74 Å². The van der Waals surface area contributed by atoms with Crippen LogP contribution in [0.2, 0.25) is 0 Å². The standard InChI is InChI=1S/C10H12N2.C6H14O.2C2H6/c1-3-8-4-5-11-10-9(8)6-7(2)12-10;1-3-5-7-6-4-2;2*1-2/h4-6H,3H2,1-2H3,(H,11,12);3-6H2,1-2H3;2*1-2H3. The van der Waals surface area contributed by atoms with E-state index in [0.29, 0.717) is 0 Å². The highest BCUT2D eigenvalue weighted by Gasteiger charge is 2.01. The number of rotatable bonds is 5. The van der Waals surface area contributed by atoms with E-state index in [1.54, 1.807) is 0 Å². The zero-order valence-electron chi connectivity index (χ0n) is 16.6. The van der Waals surface area contributed by atoms with E-state index in [-0.39, 0.29) is 0 Å². The first kappa shape index (κ1) is 23.9. The fourth-order valence-electron chi connectivity index (χ4n) is 1.91. The largest absolute Gasteiger partial charge is 0.381 e. The molecule has 2 rings (SSSR count). The van der Waals surface area contributed by atoms with Gasteiger partial charge in [-0.2, -0.15) is 0 Å². The predicted molar refractivity (Wildman–Crippen MR) is 104 cm³/mol. The number of ether oxygens (including phenoxy) is 1. The zero-order valence-corrected chi connectivity index (χ0v) is 16.6. The first-order valence-electron chi connectivity index (χ1n) is 9.23. The van der Waals surface area contributed by atoms with Crippen molar-refractivity contribution in [2.75, 3.05) is 13.2 Å². The molecule has 0 saturated heterocycles. The minimum atomic E-state index is 0.924. The lowest BCUT2D eigenvalue weighted by Gasteiger charge is -1.95. The monoisotopic (exact) mass is 322 g/mol. The Bertz CT molecular complexity index is 473. The van der Waals surface area contributed by atoms with Crippen LogP contribution in [0, 0.1) is 6.92 Å². The number of aryl methyl sites for hydroxylation is 2. The maximum atomic E-state index is 5.13. The summed E-state index contributed by atoms with van der Waals surface area (Å²) in [6.07, 6.45) is 5.20. The second-order valence-electron chi connectivity index (χ2n) is 4.65. The van der Waals surface area contributed by atoms with E-state index in [4.69, 9.17) is 4.74 Å². The van der Waals surface area contributed by atoms with Crippen LogP contribution in [0.5, 0.6) is 0 Å². The summed E-state index contributed by atoms with van der Waals surface area (Å²) in [5.41, 5.74) is 3.55. The summed E-state index contributed by atoms with van der Waals surface area (Å²) in [4.78, 5) is 7.48. The quantitative estimate of drug-likeness (QED) is 0.655. The van der Waals surface area contributed by atoms with Gasteiger partial charge >= 0.3 is 0 Å². The van der Waals surface area contributed by atoms with Crippen LogP contribution in [0.1, 0.15) is 72.6 Å². The number of pyridine rings is 1. The molecule has 1 N–H and O–H groups in total. The normalized spacial score (nSPS) is 9.04. The molecule has 0 aliphatic heterocycles. The van der Waals surface area contributed by atoms with Gasteiger partial charge in [-0.15, -0.1) is 0 Å². The molecule has 0 atom stereocenters. The van der Waals surface area contributed by atoms with Crippen LogP contribution in [0.3, 0.4) is 0 Å². The number of aromatic amines is 1. The summed E-state index contributed by atoms with van der Waals surface area (Å²) >= 11 is 0. The summed E-state index contributed by atoms with van der Waals surface area (Å²) in [6, 6.07) is 4.23. The number of aromatic nitrogens is 2. The first-order chi connectivity index (χ1) is 11.2. The van der Waals surface area contributed by atoms with E-state index < -0.39 is 0 Å². The maximum absolute atomic E-state index is 5.13. The summed E-state index contributed by atoms with van der Waals surface area (Å²) in [5, 5.41) is 1.26. The molecule has 2 aromatic rings. The SMILES string of the molecule is CC.CC.CCCOCCC.CCc1ccnc2[nH]c(C)cc12. The number of H-pyrrole nitrogens is 1. The van der Waals surface area contributed by atoms with Crippen molar-refractivity contribution in [1.29, 1.82) is 0 Å². The zero-order chi connectivity index (χ0) is 18.1. The van der Waals surface area contributed by atoms with Gasteiger partial charge in [-0.25, -0.2) is 4.98 Å². The molecule has 0 aliphatic rings. The van der Waals surface area contributed by atoms with Crippen LogP contribution < -0.4 is 0 Å². The Morgan fingerprint density at radius 1 is 1.00 bits per heavy atom. The van der Waals surface area contributed by atoms with Gasteiger partial charge in [0.1, 0.15) is 5.65 Å². The minimum Gasteiger partial charge on any atom is -0.381 e. The molecule has 0 unspecified atom stereocenters. The smallest absolute Gasteiger partial charge is 0.137 e. The number of nitrogens with zero attached hydrogens (tertiary/aromatic N) is 1. The lowest BCUT2D eigenvalue weighted by molar-refractivity contribution is 0.135. The van der Waals surface area contributed by atoms with E-state index in [9.17, 15) is 0 Å². The summed E-state index contributed by atoms with van der Waals surface area (Å²) < 4.78 is 5.13. The van der Waals surface area contributed by atoms with Gasteiger partial charge in [-0.05, 0) is 43.9 Å². The van der Waals surface area contributed by atoms with E-state index in [1.165, 1.54) is 16.6 Å². The highest BCUT2D eigenvalue weighted by Crippen LogP contribution is 2.17. The van der Waals surface area contributed by atoms with Crippen molar-refractivity contribution in [2.24, 2.45) is 0 Å². The van der Waals surface area contributed by atoms with Crippen molar-refractivity contribution in [3.05, 3.63) is 29.6 Å². The maximum Gasteiger partial charge on any atom is 0.137 e. The fraction of sp³-hybridized carbons (Fsp3) is 0.650. The molecular weight excluding hydrogens is 284 g/mol. The Kier molecular flexibility index (Phi) is 17.7. The molecule has 2 heterocycles. The van der Waals surface area contributed by atoms with Crippen molar-refractivity contribution in [3.63, 3.8) is 0 Å². The van der Waals surface area contributed by atoms with Gasteiger partial charge in [0.2, 0.25) is 0 Å². The molecule has 0 spiro atoms. The van der Waals surface area contributed by atoms with Crippen molar-refractivity contribution in [1.82, 2.24) is 9.97 Å². The van der Waals surface area contributed by atoms with Crippen LogP contribution >= 0.6 is 0 Å². The van der Waals surface area contributed by atoms with Gasteiger partial charge in [0.15, 0.2) is 0 Å². The lowest BCUT2D eigenvalue weighted by Crippen LogP contribution is -1.92. The van der Waals surface area contributed by atoms with Crippen molar-refractivity contribution >= 4 is 11.0 Å². The Labute approximate surface area is 143 Å². The van der Waals surface area contributed by atoms with Crippen LogP contribution in [-0.2, 0) is 11.2 Å². The highest BCUT2D eigenvalue weighted by atomic mass is 16.5. The molecule has 0 bridgehead atoms. The van der Waals surface area contributed by atoms with Gasteiger partial charge in [0.05, 0.1) is 0 Å². The number of nitrogens with one attached hydrogen (secondary N) is 1. The third-order valence-electron chi connectivity index (χ3n) is 2.83. The topological polar surface area (TPSA) is 37.9 Å². The number of hydrogen-bond acceptors (Lipinski definition) is 2. The molecule has 2 aromatic heterocycles. The molecule has 0 aromatic carbocycles. The molecule has 3 heteroatoms. The minimum absolute atomic E-state index is 0.924. The Morgan fingerprint density at radius 3 is 2.04 bits per heavy atom. The highest BCUT2D eigenvalue weighted by molar-refractivity contribution is 5.80. The molecular formula is C20H38N2O. The molecule has 0 fully saturated rings. The van der Waals surface area contributed by atoms with Crippen LogP contribution in [0.4, 0.5) is 0 Å². The fourth-order valence-corrected chi connectivity index (χ4v) is 1.91. The third kappa shape index (κ3) is 10.1. The summed E-state index contributed by atoms with van der Waals surface area (Å²) in [6.45, 7) is 18.3. The molecule has 0 amide bonds. The van der Waals surface area contributed by atoms with Gasteiger partial charge < -0.3 is 9.72 Å². The van der Waals surface area contributed by atoms with Gasteiger partial charge in [-0.3, -0.25) is 0 Å². The van der Waals surface area contributed by atoms with Gasteiger partial charge in [0, 0.05) is 30.5 Å². The number of fused-ring (bicyclic) bond motifs is 1. The third-order valence-corrected chi connectivity index (χ3v) is 2.83. The van der Waals surface area contributed by atoms with E-state index >= 15 is 0 Å². The Balaban J connectivity index is 0. The van der Waals surface area contributed by atoms with E-state index in [2.05, 4.69) is 49.8 Å². The molecule has 0 aliphatic carbocycles. The van der Waals surface area contributed by atoms with Crippen molar-refractivity contribution in [2.45, 2.75) is 74.7 Å². The Morgan fingerprint density at radius 2 is 1.57 bits per heavy atom. The average Bonchev–Trinajstić information content (AvgIpc) is 2.99.